The number of morpholine rings is 1. The van der Waals surface area contributed by atoms with Gasteiger partial charge in [-0.15, -0.1) is 11.6 Å². The monoisotopic (exact) mass is 329 g/mol. The number of hydrogen-bond acceptors (Lipinski definition) is 3. The quantitative estimate of drug-likeness (QED) is 0.793. The van der Waals surface area contributed by atoms with E-state index in [-0.39, 0.29) is 0 Å². The smallest absolute Gasteiger partial charge is 0.143 e. The molecule has 0 radical (unpaired) electrons. The SMILES string of the molecule is ClCc1nc2ccc(Br)cc2n1N1CCOCC1. The number of aromatic nitrogens is 2. The van der Waals surface area contributed by atoms with E-state index >= 15 is 0 Å². The van der Waals surface area contributed by atoms with Gasteiger partial charge in [-0.05, 0) is 18.2 Å². The number of halogens is 2. The second-order valence-electron chi connectivity index (χ2n) is 4.17. The molecule has 1 fully saturated rings. The van der Waals surface area contributed by atoms with Crippen molar-refractivity contribution in [2.75, 3.05) is 31.3 Å². The number of fused-ring (bicyclic) bond motifs is 1. The van der Waals surface area contributed by atoms with Crippen molar-refractivity contribution in [1.82, 2.24) is 9.66 Å². The van der Waals surface area contributed by atoms with Gasteiger partial charge in [-0.25, -0.2) is 9.66 Å². The lowest BCUT2D eigenvalue weighted by Crippen LogP contribution is -2.44. The highest BCUT2D eigenvalue weighted by molar-refractivity contribution is 9.10. The van der Waals surface area contributed by atoms with Crippen molar-refractivity contribution in [3.8, 4) is 0 Å². The molecule has 0 bridgehead atoms. The molecule has 0 atom stereocenters. The minimum Gasteiger partial charge on any atom is -0.378 e. The van der Waals surface area contributed by atoms with Crippen LogP contribution in [0, 0.1) is 0 Å². The molecule has 0 aliphatic carbocycles. The second kappa shape index (κ2) is 5.07. The summed E-state index contributed by atoms with van der Waals surface area (Å²) in [6.45, 7) is 3.22. The molecule has 6 heteroatoms. The number of rotatable bonds is 2. The first-order chi connectivity index (χ1) is 8.79. The summed E-state index contributed by atoms with van der Waals surface area (Å²) in [5, 5.41) is 2.24. The van der Waals surface area contributed by atoms with Crippen molar-refractivity contribution in [2.45, 2.75) is 5.88 Å². The van der Waals surface area contributed by atoms with Crippen LogP contribution < -0.4 is 5.01 Å². The molecule has 0 N–H and O–H groups in total. The lowest BCUT2D eigenvalue weighted by atomic mass is 10.3. The molecule has 2 aromatic rings. The van der Waals surface area contributed by atoms with E-state index in [1.54, 1.807) is 0 Å². The molecule has 1 aromatic carbocycles. The Morgan fingerprint density at radius 1 is 1.33 bits per heavy atom. The zero-order chi connectivity index (χ0) is 12.5. The van der Waals surface area contributed by atoms with Crippen LogP contribution in [0.5, 0.6) is 0 Å². The Kier molecular flexibility index (Phi) is 3.46. The molecule has 96 valence electrons. The Balaban J connectivity index is 2.14. The number of nitrogens with zero attached hydrogens (tertiary/aromatic N) is 3. The Bertz CT molecular complexity index is 566. The maximum atomic E-state index is 6.01. The molecule has 0 amide bonds. The van der Waals surface area contributed by atoms with E-state index in [2.05, 4.69) is 36.7 Å². The number of benzene rings is 1. The van der Waals surface area contributed by atoms with Crippen LogP contribution in [0.25, 0.3) is 11.0 Å². The van der Waals surface area contributed by atoms with Gasteiger partial charge in [0.2, 0.25) is 0 Å². The van der Waals surface area contributed by atoms with Crippen molar-refractivity contribution in [3.63, 3.8) is 0 Å². The largest absolute Gasteiger partial charge is 0.378 e. The molecule has 18 heavy (non-hydrogen) atoms. The molecular formula is C12H13BrClN3O. The summed E-state index contributed by atoms with van der Waals surface area (Å²) < 4.78 is 8.56. The van der Waals surface area contributed by atoms with E-state index in [0.717, 1.165) is 47.6 Å². The van der Waals surface area contributed by atoms with Gasteiger partial charge < -0.3 is 9.75 Å². The normalized spacial score (nSPS) is 16.4. The van der Waals surface area contributed by atoms with Crippen LogP contribution in [0.2, 0.25) is 0 Å². The molecule has 1 aliphatic rings. The number of ether oxygens (including phenoxy) is 1. The van der Waals surface area contributed by atoms with Gasteiger partial charge >= 0.3 is 0 Å². The third-order valence-corrected chi connectivity index (χ3v) is 3.78. The lowest BCUT2D eigenvalue weighted by Gasteiger charge is -2.31. The maximum Gasteiger partial charge on any atom is 0.143 e. The summed E-state index contributed by atoms with van der Waals surface area (Å²) in [7, 11) is 0. The second-order valence-corrected chi connectivity index (χ2v) is 5.36. The van der Waals surface area contributed by atoms with Crippen molar-refractivity contribution in [3.05, 3.63) is 28.5 Å². The molecule has 4 nitrogen and oxygen atoms in total. The lowest BCUT2D eigenvalue weighted by molar-refractivity contribution is 0.111. The van der Waals surface area contributed by atoms with Crippen LogP contribution in [-0.2, 0) is 10.6 Å². The molecule has 3 rings (SSSR count). The standard InChI is InChI=1S/C12H13BrClN3O/c13-9-1-2-10-11(7-9)17(12(8-14)15-10)16-3-5-18-6-4-16/h1-2,7H,3-6,8H2. The highest BCUT2D eigenvalue weighted by Gasteiger charge is 2.18. The van der Waals surface area contributed by atoms with E-state index in [1.807, 2.05) is 12.1 Å². The first kappa shape index (κ1) is 12.3. The van der Waals surface area contributed by atoms with Crippen LogP contribution in [0.4, 0.5) is 0 Å². The minimum atomic E-state index is 0.406. The van der Waals surface area contributed by atoms with Gasteiger partial charge in [-0.1, -0.05) is 15.9 Å². The van der Waals surface area contributed by atoms with Crippen LogP contribution in [0.15, 0.2) is 22.7 Å². The van der Waals surface area contributed by atoms with Crippen LogP contribution >= 0.6 is 27.5 Å². The van der Waals surface area contributed by atoms with E-state index in [9.17, 15) is 0 Å². The zero-order valence-corrected chi connectivity index (χ0v) is 12.1. The molecule has 0 saturated carbocycles. The molecule has 0 unspecified atom stereocenters. The number of imidazole rings is 1. The Labute approximate surface area is 119 Å². The van der Waals surface area contributed by atoms with Crippen LogP contribution in [0.3, 0.4) is 0 Å². The van der Waals surface area contributed by atoms with Gasteiger partial charge in [0.15, 0.2) is 0 Å². The predicted molar refractivity (Wildman–Crippen MR) is 75.8 cm³/mol. The Morgan fingerprint density at radius 3 is 2.83 bits per heavy atom. The summed E-state index contributed by atoms with van der Waals surface area (Å²) in [4.78, 5) is 4.58. The fraction of sp³-hybridized carbons (Fsp3) is 0.417. The van der Waals surface area contributed by atoms with Crippen molar-refractivity contribution in [1.29, 1.82) is 0 Å². The number of alkyl halides is 1. The van der Waals surface area contributed by atoms with Gasteiger partial charge in [0, 0.05) is 4.47 Å². The van der Waals surface area contributed by atoms with Gasteiger partial charge in [0.1, 0.15) is 5.82 Å². The summed E-state index contributed by atoms with van der Waals surface area (Å²) in [5.74, 6) is 1.29. The maximum absolute atomic E-state index is 6.01. The van der Waals surface area contributed by atoms with Crippen molar-refractivity contribution >= 4 is 38.6 Å². The fourth-order valence-corrected chi connectivity index (χ4v) is 2.76. The average Bonchev–Trinajstić information content (AvgIpc) is 2.77. The van der Waals surface area contributed by atoms with E-state index in [0.29, 0.717) is 5.88 Å². The summed E-state index contributed by atoms with van der Waals surface area (Å²) >= 11 is 9.51. The van der Waals surface area contributed by atoms with E-state index in [1.165, 1.54) is 0 Å². The first-order valence-corrected chi connectivity index (χ1v) is 7.18. The number of hydrogen-bond donors (Lipinski definition) is 0. The zero-order valence-electron chi connectivity index (χ0n) is 9.77. The van der Waals surface area contributed by atoms with Gasteiger partial charge in [-0.2, -0.15) is 0 Å². The fourth-order valence-electron chi connectivity index (χ4n) is 2.24. The molecular weight excluding hydrogens is 318 g/mol. The van der Waals surface area contributed by atoms with E-state index < -0.39 is 0 Å². The topological polar surface area (TPSA) is 30.3 Å². The van der Waals surface area contributed by atoms with Crippen LogP contribution in [-0.4, -0.2) is 36.0 Å². The summed E-state index contributed by atoms with van der Waals surface area (Å²) in [6, 6.07) is 6.08. The highest BCUT2D eigenvalue weighted by atomic mass is 79.9. The Morgan fingerprint density at radius 2 is 2.11 bits per heavy atom. The van der Waals surface area contributed by atoms with Crippen molar-refractivity contribution in [2.24, 2.45) is 0 Å². The Hall–Kier alpha value is -0.780. The minimum absolute atomic E-state index is 0.406. The highest BCUT2D eigenvalue weighted by Crippen LogP contribution is 2.22. The molecule has 0 spiro atoms. The van der Waals surface area contributed by atoms with Gasteiger partial charge in [0.05, 0.1) is 43.2 Å². The van der Waals surface area contributed by atoms with Crippen molar-refractivity contribution < 1.29 is 4.74 Å². The van der Waals surface area contributed by atoms with Gasteiger partial charge in [-0.3, -0.25) is 0 Å². The first-order valence-electron chi connectivity index (χ1n) is 5.85. The molecule has 2 heterocycles. The van der Waals surface area contributed by atoms with Crippen LogP contribution in [0.1, 0.15) is 5.82 Å². The average molecular weight is 331 g/mol. The summed E-state index contributed by atoms with van der Waals surface area (Å²) in [6.07, 6.45) is 0. The molecule has 1 aromatic heterocycles. The third kappa shape index (κ3) is 2.11. The molecule has 1 saturated heterocycles. The third-order valence-electron chi connectivity index (χ3n) is 3.05. The predicted octanol–water partition coefficient (Wildman–Crippen LogP) is 2.51. The summed E-state index contributed by atoms with van der Waals surface area (Å²) in [5.41, 5.74) is 2.06. The van der Waals surface area contributed by atoms with Gasteiger partial charge in [0.25, 0.3) is 0 Å². The molecule has 1 aliphatic heterocycles. The van der Waals surface area contributed by atoms with E-state index in [4.69, 9.17) is 16.3 Å².